The molecule has 0 bridgehead atoms. The SMILES string of the molecule is O=C(O)NCCCC1OCC(c2ccc3ccccc3c2)CO1. The van der Waals surface area contributed by atoms with Crippen molar-refractivity contribution < 1.29 is 19.4 Å². The summed E-state index contributed by atoms with van der Waals surface area (Å²) in [4.78, 5) is 10.4. The molecule has 1 amide bonds. The molecule has 2 N–H and O–H groups in total. The molecule has 122 valence electrons. The van der Waals surface area contributed by atoms with Crippen molar-refractivity contribution >= 4 is 16.9 Å². The number of carbonyl (C=O) groups is 1. The molecule has 1 fully saturated rings. The van der Waals surface area contributed by atoms with Gasteiger partial charge in [0.2, 0.25) is 0 Å². The molecule has 1 aliphatic rings. The Balaban J connectivity index is 1.50. The molecule has 1 heterocycles. The largest absolute Gasteiger partial charge is 0.465 e. The molecule has 0 aromatic heterocycles. The molecule has 0 aliphatic carbocycles. The summed E-state index contributed by atoms with van der Waals surface area (Å²) >= 11 is 0. The molecule has 0 spiro atoms. The molecule has 5 nitrogen and oxygen atoms in total. The number of hydrogen-bond acceptors (Lipinski definition) is 3. The number of nitrogens with one attached hydrogen (secondary N) is 1. The molecule has 1 aliphatic heterocycles. The predicted octanol–water partition coefficient (Wildman–Crippen LogP) is 3.34. The highest BCUT2D eigenvalue weighted by molar-refractivity contribution is 5.83. The van der Waals surface area contributed by atoms with Gasteiger partial charge in [0, 0.05) is 18.9 Å². The van der Waals surface area contributed by atoms with E-state index in [4.69, 9.17) is 14.6 Å². The second-order valence-electron chi connectivity index (χ2n) is 5.77. The van der Waals surface area contributed by atoms with Crippen LogP contribution in [0.4, 0.5) is 4.79 Å². The van der Waals surface area contributed by atoms with Crippen LogP contribution in [-0.4, -0.2) is 37.2 Å². The molecule has 0 unspecified atom stereocenters. The van der Waals surface area contributed by atoms with Gasteiger partial charge in [-0.2, -0.15) is 0 Å². The van der Waals surface area contributed by atoms with E-state index in [1.54, 1.807) is 0 Å². The Morgan fingerprint density at radius 3 is 2.61 bits per heavy atom. The number of rotatable bonds is 5. The van der Waals surface area contributed by atoms with Crippen molar-refractivity contribution in [1.82, 2.24) is 5.32 Å². The topological polar surface area (TPSA) is 67.8 Å². The second kappa shape index (κ2) is 7.44. The van der Waals surface area contributed by atoms with E-state index in [1.807, 2.05) is 12.1 Å². The van der Waals surface area contributed by atoms with Gasteiger partial charge < -0.3 is 19.9 Å². The monoisotopic (exact) mass is 315 g/mol. The molecule has 2 aromatic rings. The van der Waals surface area contributed by atoms with Crippen LogP contribution < -0.4 is 5.32 Å². The summed E-state index contributed by atoms with van der Waals surface area (Å²) < 4.78 is 11.5. The Morgan fingerprint density at radius 1 is 1.13 bits per heavy atom. The van der Waals surface area contributed by atoms with Crippen molar-refractivity contribution in [2.45, 2.75) is 25.0 Å². The Kier molecular flexibility index (Phi) is 5.10. The number of carboxylic acid groups (broad SMARTS) is 1. The molecular weight excluding hydrogens is 294 g/mol. The fourth-order valence-corrected chi connectivity index (χ4v) is 2.83. The van der Waals surface area contributed by atoms with Crippen molar-refractivity contribution in [1.29, 1.82) is 0 Å². The van der Waals surface area contributed by atoms with Crippen LogP contribution >= 0.6 is 0 Å². The zero-order chi connectivity index (χ0) is 16.1. The number of hydrogen-bond donors (Lipinski definition) is 2. The van der Waals surface area contributed by atoms with Crippen LogP contribution in [0, 0.1) is 0 Å². The third-order valence-corrected chi connectivity index (χ3v) is 4.10. The third-order valence-electron chi connectivity index (χ3n) is 4.10. The Morgan fingerprint density at radius 2 is 1.87 bits per heavy atom. The lowest BCUT2D eigenvalue weighted by molar-refractivity contribution is -0.189. The predicted molar refractivity (Wildman–Crippen MR) is 87.6 cm³/mol. The van der Waals surface area contributed by atoms with Crippen LogP contribution in [0.25, 0.3) is 10.8 Å². The normalized spacial score (nSPS) is 21.2. The summed E-state index contributed by atoms with van der Waals surface area (Å²) in [5, 5.41) is 13.3. The first-order chi connectivity index (χ1) is 11.2. The maximum Gasteiger partial charge on any atom is 0.404 e. The van der Waals surface area contributed by atoms with Gasteiger partial charge in [-0.15, -0.1) is 0 Å². The van der Waals surface area contributed by atoms with Crippen LogP contribution in [0.3, 0.4) is 0 Å². The third kappa shape index (κ3) is 4.21. The summed E-state index contributed by atoms with van der Waals surface area (Å²) in [6, 6.07) is 14.8. The first-order valence-electron chi connectivity index (χ1n) is 7.91. The van der Waals surface area contributed by atoms with Crippen molar-refractivity contribution in [3.8, 4) is 0 Å². The van der Waals surface area contributed by atoms with Gasteiger partial charge in [0.1, 0.15) is 0 Å². The van der Waals surface area contributed by atoms with E-state index in [0.717, 1.165) is 0 Å². The van der Waals surface area contributed by atoms with Crippen LogP contribution in [0.1, 0.15) is 24.3 Å². The van der Waals surface area contributed by atoms with E-state index in [0.29, 0.717) is 32.6 Å². The number of ether oxygens (including phenoxy) is 2. The molecule has 0 saturated carbocycles. The standard InChI is InChI=1S/C18H21NO4/c20-18(21)19-9-3-6-17-22-11-16(12-23-17)15-8-7-13-4-1-2-5-14(13)10-15/h1-2,4-5,7-8,10,16-17,19H,3,6,9,11-12H2,(H,20,21). The zero-order valence-electron chi connectivity index (χ0n) is 12.9. The molecule has 0 radical (unpaired) electrons. The zero-order valence-corrected chi connectivity index (χ0v) is 12.9. The fraction of sp³-hybridized carbons (Fsp3) is 0.389. The van der Waals surface area contributed by atoms with Crippen molar-refractivity contribution in [2.75, 3.05) is 19.8 Å². The molecule has 3 rings (SSSR count). The molecular formula is C18H21NO4. The van der Waals surface area contributed by atoms with E-state index in [1.165, 1.54) is 16.3 Å². The van der Waals surface area contributed by atoms with Gasteiger partial charge in [-0.05, 0) is 22.8 Å². The maximum absolute atomic E-state index is 10.4. The summed E-state index contributed by atoms with van der Waals surface area (Å²) in [5.74, 6) is 0.244. The van der Waals surface area contributed by atoms with Crippen molar-refractivity contribution in [3.05, 3.63) is 48.0 Å². The van der Waals surface area contributed by atoms with E-state index in [9.17, 15) is 4.79 Å². The van der Waals surface area contributed by atoms with Gasteiger partial charge in [0.05, 0.1) is 13.2 Å². The minimum absolute atomic E-state index is 0.234. The molecule has 5 heteroatoms. The van der Waals surface area contributed by atoms with Crippen LogP contribution in [0.5, 0.6) is 0 Å². The van der Waals surface area contributed by atoms with Gasteiger partial charge in [-0.3, -0.25) is 0 Å². The summed E-state index contributed by atoms with van der Waals surface area (Å²) in [5.41, 5.74) is 1.23. The number of amides is 1. The van der Waals surface area contributed by atoms with Gasteiger partial charge in [-0.1, -0.05) is 42.5 Å². The average Bonchev–Trinajstić information content (AvgIpc) is 2.59. The lowest BCUT2D eigenvalue weighted by Crippen LogP contribution is -2.31. The van der Waals surface area contributed by atoms with Crippen molar-refractivity contribution in [3.63, 3.8) is 0 Å². The van der Waals surface area contributed by atoms with Crippen molar-refractivity contribution in [2.24, 2.45) is 0 Å². The highest BCUT2D eigenvalue weighted by atomic mass is 16.7. The van der Waals surface area contributed by atoms with E-state index >= 15 is 0 Å². The van der Waals surface area contributed by atoms with Gasteiger partial charge >= 0.3 is 6.09 Å². The quantitative estimate of drug-likeness (QED) is 0.830. The highest BCUT2D eigenvalue weighted by Gasteiger charge is 2.23. The van der Waals surface area contributed by atoms with E-state index < -0.39 is 6.09 Å². The summed E-state index contributed by atoms with van der Waals surface area (Å²) in [7, 11) is 0. The average molecular weight is 315 g/mol. The van der Waals surface area contributed by atoms with Gasteiger partial charge in [-0.25, -0.2) is 4.79 Å². The smallest absolute Gasteiger partial charge is 0.404 e. The van der Waals surface area contributed by atoms with Crippen LogP contribution in [0.15, 0.2) is 42.5 Å². The Bertz CT molecular complexity index is 665. The number of benzene rings is 2. The van der Waals surface area contributed by atoms with Crippen LogP contribution in [0.2, 0.25) is 0 Å². The van der Waals surface area contributed by atoms with Gasteiger partial charge in [0.25, 0.3) is 0 Å². The summed E-state index contributed by atoms with van der Waals surface area (Å²) in [6.45, 7) is 1.69. The maximum atomic E-state index is 10.4. The van der Waals surface area contributed by atoms with E-state index in [-0.39, 0.29) is 12.2 Å². The van der Waals surface area contributed by atoms with Gasteiger partial charge in [0.15, 0.2) is 6.29 Å². The summed E-state index contributed by atoms with van der Waals surface area (Å²) in [6.07, 6.45) is 0.177. The minimum atomic E-state index is -0.994. The number of fused-ring (bicyclic) bond motifs is 1. The van der Waals surface area contributed by atoms with E-state index in [2.05, 4.69) is 35.6 Å². The lowest BCUT2D eigenvalue weighted by Gasteiger charge is -2.30. The lowest BCUT2D eigenvalue weighted by atomic mass is 9.97. The molecule has 1 saturated heterocycles. The Hall–Kier alpha value is -2.11. The van der Waals surface area contributed by atoms with Crippen LogP contribution in [-0.2, 0) is 9.47 Å². The molecule has 23 heavy (non-hydrogen) atoms. The highest BCUT2D eigenvalue weighted by Crippen LogP contribution is 2.26. The minimum Gasteiger partial charge on any atom is -0.465 e. The first-order valence-corrected chi connectivity index (χ1v) is 7.91. The first kappa shape index (κ1) is 15.8. The molecule has 2 aromatic carbocycles. The molecule has 0 atom stereocenters. The Labute approximate surface area is 135 Å². The fourth-order valence-electron chi connectivity index (χ4n) is 2.83. The second-order valence-corrected chi connectivity index (χ2v) is 5.77.